The molecule has 4 rings (SSSR count). The number of fused-ring (bicyclic) bond motifs is 1. The minimum Gasteiger partial charge on any atom is -0.454 e. The van der Waals surface area contributed by atoms with Crippen molar-refractivity contribution in [2.45, 2.75) is 25.0 Å². The summed E-state index contributed by atoms with van der Waals surface area (Å²) in [7, 11) is 1.71. The molecule has 146 valence electrons. The number of aliphatic hydroxyl groups is 1. The second-order valence-corrected chi connectivity index (χ2v) is 7.58. The van der Waals surface area contributed by atoms with Crippen LogP contribution in [0.25, 0.3) is 0 Å². The highest BCUT2D eigenvalue weighted by Gasteiger charge is 2.43. The quantitative estimate of drug-likeness (QED) is 0.800. The lowest BCUT2D eigenvalue weighted by molar-refractivity contribution is -0.160. The Morgan fingerprint density at radius 2 is 1.96 bits per heavy atom. The molecule has 3 heterocycles. The van der Waals surface area contributed by atoms with Crippen molar-refractivity contribution in [3.8, 4) is 11.5 Å². The van der Waals surface area contributed by atoms with Crippen LogP contribution in [0.2, 0.25) is 0 Å². The summed E-state index contributed by atoms with van der Waals surface area (Å²) < 4.78 is 10.7. The van der Waals surface area contributed by atoms with Gasteiger partial charge in [-0.3, -0.25) is 14.5 Å². The Labute approximate surface area is 158 Å². The third-order valence-corrected chi connectivity index (χ3v) is 5.52. The number of likely N-dealkylation sites (N-methyl/N-ethyl adjacent to an activating group) is 1. The number of ether oxygens (including phenoxy) is 2. The summed E-state index contributed by atoms with van der Waals surface area (Å²) in [6, 6.07) is 5.70. The van der Waals surface area contributed by atoms with E-state index in [2.05, 4.69) is 0 Å². The van der Waals surface area contributed by atoms with Gasteiger partial charge in [0.2, 0.25) is 12.7 Å². The van der Waals surface area contributed by atoms with E-state index < -0.39 is 5.60 Å². The van der Waals surface area contributed by atoms with Gasteiger partial charge in [0.05, 0.1) is 6.54 Å². The van der Waals surface area contributed by atoms with Gasteiger partial charge in [0.25, 0.3) is 5.91 Å². The van der Waals surface area contributed by atoms with E-state index in [0.717, 1.165) is 17.7 Å². The molecule has 2 fully saturated rings. The average Bonchev–Trinajstić information content (AvgIpc) is 3.10. The first-order chi connectivity index (χ1) is 12.9. The topological polar surface area (TPSA) is 82.6 Å². The predicted molar refractivity (Wildman–Crippen MR) is 96.2 cm³/mol. The van der Waals surface area contributed by atoms with Gasteiger partial charge >= 0.3 is 0 Å². The fraction of sp³-hybridized carbons (Fsp3) is 0.579. The summed E-state index contributed by atoms with van der Waals surface area (Å²) in [4.78, 5) is 30.2. The van der Waals surface area contributed by atoms with Crippen LogP contribution in [-0.2, 0) is 16.1 Å². The SMILES string of the molecule is CN1CCCC(O)(CN2CCN(Cc3ccc4c(c3)OCO4)C(=O)C2)C1=O. The van der Waals surface area contributed by atoms with E-state index in [1.54, 1.807) is 16.8 Å². The maximum Gasteiger partial charge on any atom is 0.255 e. The van der Waals surface area contributed by atoms with Gasteiger partial charge in [0.15, 0.2) is 17.1 Å². The maximum atomic E-state index is 12.6. The smallest absolute Gasteiger partial charge is 0.255 e. The van der Waals surface area contributed by atoms with Crippen molar-refractivity contribution in [2.75, 3.05) is 46.6 Å². The molecule has 0 saturated carbocycles. The Balaban J connectivity index is 1.35. The zero-order chi connectivity index (χ0) is 19.0. The van der Waals surface area contributed by atoms with Crippen LogP contribution < -0.4 is 9.47 Å². The Kier molecular flexibility index (Phi) is 4.69. The molecule has 0 spiro atoms. The number of piperazine rings is 1. The molecule has 1 atom stereocenters. The molecule has 8 nitrogen and oxygen atoms in total. The van der Waals surface area contributed by atoms with Crippen LogP contribution in [0.3, 0.4) is 0 Å². The van der Waals surface area contributed by atoms with Gasteiger partial charge in [-0.15, -0.1) is 0 Å². The molecule has 2 saturated heterocycles. The Hall–Kier alpha value is -2.32. The van der Waals surface area contributed by atoms with Crippen LogP contribution in [0.5, 0.6) is 11.5 Å². The number of carbonyl (C=O) groups excluding carboxylic acids is 2. The number of hydrogen-bond acceptors (Lipinski definition) is 6. The molecule has 3 aliphatic heterocycles. The molecule has 1 unspecified atom stereocenters. The van der Waals surface area contributed by atoms with Crippen LogP contribution in [0.4, 0.5) is 0 Å². The number of likely N-dealkylation sites (tertiary alicyclic amines) is 1. The lowest BCUT2D eigenvalue weighted by Gasteiger charge is -2.41. The van der Waals surface area contributed by atoms with E-state index in [1.807, 2.05) is 23.1 Å². The van der Waals surface area contributed by atoms with E-state index in [4.69, 9.17) is 9.47 Å². The van der Waals surface area contributed by atoms with Crippen molar-refractivity contribution >= 4 is 11.8 Å². The van der Waals surface area contributed by atoms with E-state index in [-0.39, 0.29) is 31.7 Å². The van der Waals surface area contributed by atoms with E-state index in [0.29, 0.717) is 38.3 Å². The van der Waals surface area contributed by atoms with Crippen LogP contribution >= 0.6 is 0 Å². The van der Waals surface area contributed by atoms with Gasteiger partial charge in [-0.25, -0.2) is 0 Å². The molecule has 0 aliphatic carbocycles. The van der Waals surface area contributed by atoms with Gasteiger partial charge in [-0.2, -0.15) is 0 Å². The highest BCUT2D eigenvalue weighted by atomic mass is 16.7. The predicted octanol–water partition coefficient (Wildman–Crippen LogP) is 0.0428. The summed E-state index contributed by atoms with van der Waals surface area (Å²) in [6.45, 7) is 3.03. The van der Waals surface area contributed by atoms with E-state index in [9.17, 15) is 14.7 Å². The fourth-order valence-corrected chi connectivity index (χ4v) is 4.01. The zero-order valence-corrected chi connectivity index (χ0v) is 15.5. The highest BCUT2D eigenvalue weighted by molar-refractivity contribution is 5.86. The van der Waals surface area contributed by atoms with Gasteiger partial charge in [0, 0.05) is 39.8 Å². The van der Waals surface area contributed by atoms with Crippen LogP contribution in [0.15, 0.2) is 18.2 Å². The first-order valence-electron chi connectivity index (χ1n) is 9.31. The molecule has 1 aromatic rings. The summed E-state index contributed by atoms with van der Waals surface area (Å²) in [5.41, 5.74) is -0.393. The molecule has 0 radical (unpaired) electrons. The molecule has 0 aromatic heterocycles. The average molecular weight is 375 g/mol. The number of piperidine rings is 1. The van der Waals surface area contributed by atoms with Gasteiger partial charge in [0.1, 0.15) is 0 Å². The van der Waals surface area contributed by atoms with Gasteiger partial charge in [-0.1, -0.05) is 6.07 Å². The van der Waals surface area contributed by atoms with Crippen molar-refractivity contribution in [3.05, 3.63) is 23.8 Å². The highest BCUT2D eigenvalue weighted by Crippen LogP contribution is 2.33. The number of β-amino-alcohol motifs (C(OH)–C–C–N with tert-alkyl or cyclic N) is 1. The largest absolute Gasteiger partial charge is 0.454 e. The molecular formula is C19H25N3O5. The molecule has 8 heteroatoms. The molecular weight excluding hydrogens is 350 g/mol. The molecule has 1 N–H and O–H groups in total. The molecule has 2 amide bonds. The fourth-order valence-electron chi connectivity index (χ4n) is 4.01. The Morgan fingerprint density at radius 1 is 1.15 bits per heavy atom. The number of carbonyl (C=O) groups is 2. The van der Waals surface area contributed by atoms with Crippen molar-refractivity contribution in [1.82, 2.24) is 14.7 Å². The van der Waals surface area contributed by atoms with E-state index in [1.165, 1.54) is 0 Å². The van der Waals surface area contributed by atoms with Crippen molar-refractivity contribution in [2.24, 2.45) is 0 Å². The van der Waals surface area contributed by atoms with Crippen LogP contribution in [-0.4, -0.2) is 83.8 Å². The lowest BCUT2D eigenvalue weighted by Crippen LogP contribution is -2.60. The Morgan fingerprint density at radius 3 is 2.78 bits per heavy atom. The summed E-state index contributed by atoms with van der Waals surface area (Å²) in [5.74, 6) is 1.19. The van der Waals surface area contributed by atoms with Gasteiger partial charge < -0.3 is 24.4 Å². The van der Waals surface area contributed by atoms with Crippen molar-refractivity contribution < 1.29 is 24.2 Å². The first kappa shape index (κ1) is 18.1. The third-order valence-electron chi connectivity index (χ3n) is 5.52. The molecule has 3 aliphatic rings. The van der Waals surface area contributed by atoms with Crippen LogP contribution in [0.1, 0.15) is 18.4 Å². The summed E-state index contributed by atoms with van der Waals surface area (Å²) in [6.07, 6.45) is 1.22. The summed E-state index contributed by atoms with van der Waals surface area (Å²) >= 11 is 0. The minimum atomic E-state index is -1.38. The molecule has 27 heavy (non-hydrogen) atoms. The maximum absolute atomic E-state index is 12.6. The van der Waals surface area contributed by atoms with Crippen molar-refractivity contribution in [3.63, 3.8) is 0 Å². The number of hydrogen-bond donors (Lipinski definition) is 1. The monoisotopic (exact) mass is 375 g/mol. The minimum absolute atomic E-state index is 0.000806. The number of benzene rings is 1. The normalized spacial score (nSPS) is 26.0. The second-order valence-electron chi connectivity index (χ2n) is 7.58. The van der Waals surface area contributed by atoms with Gasteiger partial charge in [-0.05, 0) is 30.5 Å². The van der Waals surface area contributed by atoms with Crippen LogP contribution in [0, 0.1) is 0 Å². The molecule has 0 bridgehead atoms. The zero-order valence-electron chi connectivity index (χ0n) is 15.5. The first-order valence-corrected chi connectivity index (χ1v) is 9.31. The number of amides is 2. The standard InChI is InChI=1S/C19H25N3O5/c1-20-6-2-5-19(25,18(20)24)12-21-7-8-22(17(23)11-21)10-14-3-4-15-16(9-14)27-13-26-15/h3-4,9,25H,2,5-8,10-13H2,1H3. The molecule has 1 aromatic carbocycles. The second kappa shape index (κ2) is 7.01. The Bertz CT molecular complexity index is 755. The summed E-state index contributed by atoms with van der Waals surface area (Å²) in [5, 5.41) is 10.8. The number of nitrogens with zero attached hydrogens (tertiary/aromatic N) is 3. The van der Waals surface area contributed by atoms with Crippen molar-refractivity contribution in [1.29, 1.82) is 0 Å². The number of rotatable bonds is 4. The third kappa shape index (κ3) is 3.59. The lowest BCUT2D eigenvalue weighted by atomic mass is 9.91. The van der Waals surface area contributed by atoms with E-state index >= 15 is 0 Å².